The third kappa shape index (κ3) is 2.07. The second-order valence-corrected chi connectivity index (χ2v) is 6.86. The van der Waals surface area contributed by atoms with Crippen LogP contribution in [0.5, 0.6) is 0 Å². The number of carbonyl (C=O) groups excluding carboxylic acids is 1. The molecule has 2 aromatic rings. The van der Waals surface area contributed by atoms with E-state index in [0.29, 0.717) is 11.4 Å². The molecule has 1 aliphatic heterocycles. The zero-order valence-electron chi connectivity index (χ0n) is 12.4. The first-order chi connectivity index (χ1) is 10.5. The van der Waals surface area contributed by atoms with Crippen LogP contribution in [0.4, 0.5) is 16.2 Å². The maximum atomic E-state index is 12.8. The third-order valence-corrected chi connectivity index (χ3v) is 5.51. The van der Waals surface area contributed by atoms with Gasteiger partial charge in [-0.3, -0.25) is 4.90 Å². The zero-order chi connectivity index (χ0) is 15.9. The minimum absolute atomic E-state index is 0.138. The van der Waals surface area contributed by atoms with Crippen LogP contribution in [-0.2, 0) is 16.4 Å². The van der Waals surface area contributed by atoms with Gasteiger partial charge in [0.2, 0.25) is 0 Å². The highest BCUT2D eigenvalue weighted by molar-refractivity contribution is 7.94. The molecule has 0 spiro atoms. The van der Waals surface area contributed by atoms with Crippen LogP contribution in [0, 0.1) is 0 Å². The van der Waals surface area contributed by atoms with Crippen molar-refractivity contribution in [2.75, 3.05) is 16.3 Å². The Morgan fingerprint density at radius 1 is 1.05 bits per heavy atom. The Bertz CT molecular complexity index is 846. The van der Waals surface area contributed by atoms with E-state index in [2.05, 4.69) is 0 Å². The van der Waals surface area contributed by atoms with Gasteiger partial charge < -0.3 is 0 Å². The summed E-state index contributed by atoms with van der Waals surface area (Å²) in [6.45, 7) is 1.98. The van der Waals surface area contributed by atoms with Gasteiger partial charge in [0.1, 0.15) is 4.90 Å². The van der Waals surface area contributed by atoms with Crippen molar-refractivity contribution in [3.05, 3.63) is 54.1 Å². The van der Waals surface area contributed by atoms with Crippen molar-refractivity contribution in [3.8, 4) is 0 Å². The first kappa shape index (κ1) is 14.6. The van der Waals surface area contributed by atoms with E-state index >= 15 is 0 Å². The summed E-state index contributed by atoms with van der Waals surface area (Å²) in [6.07, 6.45) is 0.766. The largest absolute Gasteiger partial charge is 0.342 e. The highest BCUT2D eigenvalue weighted by Gasteiger charge is 2.40. The van der Waals surface area contributed by atoms with E-state index in [-0.39, 0.29) is 4.90 Å². The van der Waals surface area contributed by atoms with Crippen molar-refractivity contribution in [3.63, 3.8) is 0 Å². The predicted molar refractivity (Wildman–Crippen MR) is 85.7 cm³/mol. The molecule has 0 N–H and O–H groups in total. The molecule has 0 fully saturated rings. The summed E-state index contributed by atoms with van der Waals surface area (Å²) in [7, 11) is -2.32. The van der Waals surface area contributed by atoms with Crippen LogP contribution in [0.25, 0.3) is 0 Å². The maximum Gasteiger partial charge on any atom is 0.342 e. The zero-order valence-corrected chi connectivity index (χ0v) is 13.2. The van der Waals surface area contributed by atoms with E-state index in [1.165, 1.54) is 11.0 Å². The van der Waals surface area contributed by atoms with E-state index in [1.807, 2.05) is 13.0 Å². The minimum Gasteiger partial charge on any atom is -0.295 e. The molecule has 114 valence electrons. The highest BCUT2D eigenvalue weighted by Crippen LogP contribution is 2.36. The lowest BCUT2D eigenvalue weighted by molar-refractivity contribution is 0.255. The van der Waals surface area contributed by atoms with Crippen molar-refractivity contribution < 1.29 is 13.2 Å². The van der Waals surface area contributed by atoms with E-state index in [0.717, 1.165) is 16.3 Å². The maximum absolute atomic E-state index is 12.8. The summed E-state index contributed by atoms with van der Waals surface area (Å²) in [6, 6.07) is 13.0. The molecule has 5 nitrogen and oxygen atoms in total. The monoisotopic (exact) mass is 316 g/mol. The standard InChI is InChI=1S/C16H16N2O3S/c1-3-12-7-6-8-13(11-12)18-16(19)17(2)14-9-4-5-10-15(14)22(18,20)21/h4-11H,3H2,1-2H3. The van der Waals surface area contributed by atoms with Gasteiger partial charge in [-0.25, -0.2) is 13.2 Å². The second kappa shape index (κ2) is 5.14. The Hall–Kier alpha value is -2.34. The van der Waals surface area contributed by atoms with E-state index in [4.69, 9.17) is 0 Å². The Morgan fingerprint density at radius 2 is 1.77 bits per heavy atom. The fraction of sp³-hybridized carbons (Fsp3) is 0.188. The summed E-state index contributed by atoms with van der Waals surface area (Å²) in [4.78, 5) is 14.1. The second-order valence-electron chi connectivity index (χ2n) is 5.10. The van der Waals surface area contributed by atoms with Gasteiger partial charge in [-0.2, -0.15) is 4.31 Å². The molecular formula is C16H16N2O3S. The van der Waals surface area contributed by atoms with E-state index < -0.39 is 16.1 Å². The fourth-order valence-corrected chi connectivity index (χ4v) is 4.18. The Labute approximate surface area is 129 Å². The number of fused-ring (bicyclic) bond motifs is 1. The van der Waals surface area contributed by atoms with E-state index in [1.54, 1.807) is 43.4 Å². The Kier molecular flexibility index (Phi) is 3.41. The Balaban J connectivity index is 2.22. The number of sulfonamides is 1. The normalized spacial score (nSPS) is 16.5. The third-order valence-electron chi connectivity index (χ3n) is 3.76. The number of amides is 2. The number of para-hydroxylation sites is 1. The molecule has 0 aliphatic carbocycles. The number of anilines is 2. The van der Waals surface area contributed by atoms with Gasteiger partial charge in [0, 0.05) is 7.05 Å². The van der Waals surface area contributed by atoms with Gasteiger partial charge >= 0.3 is 6.03 Å². The molecular weight excluding hydrogens is 300 g/mol. The number of carbonyl (C=O) groups is 1. The lowest BCUT2D eigenvalue weighted by Gasteiger charge is -2.34. The predicted octanol–water partition coefficient (Wildman–Crippen LogP) is 3.01. The molecule has 0 bridgehead atoms. The van der Waals surface area contributed by atoms with E-state index in [9.17, 15) is 13.2 Å². The van der Waals surface area contributed by atoms with Crippen molar-refractivity contribution >= 4 is 27.4 Å². The molecule has 3 rings (SSSR count). The topological polar surface area (TPSA) is 57.7 Å². The summed E-state index contributed by atoms with van der Waals surface area (Å²) >= 11 is 0. The average Bonchev–Trinajstić information content (AvgIpc) is 2.53. The van der Waals surface area contributed by atoms with Crippen molar-refractivity contribution in [2.24, 2.45) is 0 Å². The quantitative estimate of drug-likeness (QED) is 0.856. The van der Waals surface area contributed by atoms with Crippen LogP contribution in [0.15, 0.2) is 53.4 Å². The van der Waals surface area contributed by atoms with Crippen LogP contribution in [-0.4, -0.2) is 21.5 Å². The van der Waals surface area contributed by atoms with Crippen LogP contribution < -0.4 is 9.21 Å². The first-order valence-corrected chi connectivity index (χ1v) is 8.42. The summed E-state index contributed by atoms with van der Waals surface area (Å²) in [5.74, 6) is 0. The fourth-order valence-electron chi connectivity index (χ4n) is 2.54. The van der Waals surface area contributed by atoms with Gasteiger partial charge in [-0.15, -0.1) is 0 Å². The number of aryl methyl sites for hydroxylation is 1. The molecule has 0 saturated heterocycles. The smallest absolute Gasteiger partial charge is 0.295 e. The first-order valence-electron chi connectivity index (χ1n) is 6.98. The highest BCUT2D eigenvalue weighted by atomic mass is 32.2. The van der Waals surface area contributed by atoms with Gasteiger partial charge in [0.05, 0.1) is 11.4 Å². The number of hydrogen-bond donors (Lipinski definition) is 0. The molecule has 2 aromatic carbocycles. The minimum atomic E-state index is -3.90. The lowest BCUT2D eigenvalue weighted by atomic mass is 10.1. The van der Waals surface area contributed by atoms with Crippen molar-refractivity contribution in [1.82, 2.24) is 0 Å². The van der Waals surface area contributed by atoms with Crippen LogP contribution in [0.1, 0.15) is 12.5 Å². The molecule has 1 heterocycles. The number of urea groups is 1. The number of hydrogen-bond acceptors (Lipinski definition) is 3. The number of rotatable bonds is 2. The van der Waals surface area contributed by atoms with Crippen LogP contribution >= 0.6 is 0 Å². The Morgan fingerprint density at radius 3 is 2.50 bits per heavy atom. The molecule has 0 aromatic heterocycles. The van der Waals surface area contributed by atoms with Crippen LogP contribution in [0.3, 0.4) is 0 Å². The van der Waals surface area contributed by atoms with Crippen LogP contribution in [0.2, 0.25) is 0 Å². The van der Waals surface area contributed by atoms with Crippen molar-refractivity contribution in [2.45, 2.75) is 18.2 Å². The van der Waals surface area contributed by atoms with Crippen molar-refractivity contribution in [1.29, 1.82) is 0 Å². The van der Waals surface area contributed by atoms with Gasteiger partial charge in [-0.05, 0) is 36.2 Å². The molecule has 1 aliphatic rings. The van der Waals surface area contributed by atoms with Gasteiger partial charge in [0.15, 0.2) is 0 Å². The SMILES string of the molecule is CCc1cccc(N2C(=O)N(C)c3ccccc3S2(=O)=O)c1. The summed E-state index contributed by atoms with van der Waals surface area (Å²) < 4.78 is 26.5. The molecule has 6 heteroatoms. The number of nitrogens with zero attached hydrogens (tertiary/aromatic N) is 2. The molecule has 2 amide bonds. The average molecular weight is 316 g/mol. The lowest BCUT2D eigenvalue weighted by Crippen LogP contribution is -2.49. The molecule has 0 saturated carbocycles. The molecule has 0 radical (unpaired) electrons. The summed E-state index contributed by atoms with van der Waals surface area (Å²) in [5, 5.41) is 0. The molecule has 0 atom stereocenters. The summed E-state index contributed by atoms with van der Waals surface area (Å²) in [5.41, 5.74) is 1.74. The van der Waals surface area contributed by atoms with Gasteiger partial charge in [0.25, 0.3) is 10.0 Å². The molecule has 0 unspecified atom stereocenters. The number of benzene rings is 2. The van der Waals surface area contributed by atoms with Gasteiger partial charge in [-0.1, -0.05) is 31.2 Å². The molecule has 22 heavy (non-hydrogen) atoms.